The van der Waals surface area contributed by atoms with Crippen molar-refractivity contribution in [2.24, 2.45) is 0 Å². The van der Waals surface area contributed by atoms with Gasteiger partial charge < -0.3 is 10.1 Å². The van der Waals surface area contributed by atoms with Crippen LogP contribution in [0.3, 0.4) is 0 Å². The number of likely N-dealkylation sites (N-methyl/N-ethyl adjacent to an activating group) is 1. The number of carbonyl (C=O) groups excluding carboxylic acids is 1. The fourth-order valence-electron chi connectivity index (χ4n) is 1.33. The van der Waals surface area contributed by atoms with Crippen LogP contribution in [-0.4, -0.2) is 30.7 Å². The summed E-state index contributed by atoms with van der Waals surface area (Å²) < 4.78 is 5.03. The lowest BCUT2D eigenvalue weighted by Gasteiger charge is -2.13. The van der Waals surface area contributed by atoms with Crippen LogP contribution in [0.5, 0.6) is 0 Å². The third kappa shape index (κ3) is 4.38. The molecule has 0 aliphatic carbocycles. The monoisotopic (exact) mass is 253 g/mol. The van der Waals surface area contributed by atoms with Gasteiger partial charge in [0.2, 0.25) is 0 Å². The van der Waals surface area contributed by atoms with Gasteiger partial charge in [-0.2, -0.15) is 0 Å². The minimum absolute atomic E-state index is 0.0301. The molecular weight excluding hydrogens is 238 g/mol. The van der Waals surface area contributed by atoms with Gasteiger partial charge in [0.15, 0.2) is 0 Å². The van der Waals surface area contributed by atoms with Crippen LogP contribution in [0.25, 0.3) is 0 Å². The first kappa shape index (κ1) is 13.9. The zero-order chi connectivity index (χ0) is 13.5. The number of carbonyl (C=O) groups is 1. The number of nitro benzene ring substituents is 1. The Morgan fingerprint density at radius 2 is 2.06 bits per heavy atom. The third-order valence-electron chi connectivity index (χ3n) is 2.12. The van der Waals surface area contributed by atoms with Gasteiger partial charge in [0.1, 0.15) is 6.10 Å². The van der Waals surface area contributed by atoms with Gasteiger partial charge in [-0.15, -0.1) is 0 Å². The van der Waals surface area contributed by atoms with Gasteiger partial charge in [0.25, 0.3) is 5.69 Å². The topological polar surface area (TPSA) is 93.5 Å². The van der Waals surface area contributed by atoms with Crippen LogP contribution in [0.15, 0.2) is 24.3 Å². The summed E-state index contributed by atoms with van der Waals surface area (Å²) in [5.41, 5.74) is 0.416. The van der Waals surface area contributed by atoms with Crippen molar-refractivity contribution in [2.45, 2.75) is 13.0 Å². The van der Waals surface area contributed by atoms with E-state index in [2.05, 4.69) is 10.6 Å². The van der Waals surface area contributed by atoms with Crippen LogP contribution in [0.4, 0.5) is 16.2 Å². The summed E-state index contributed by atoms with van der Waals surface area (Å²) in [5.74, 6) is 0. The SMILES string of the molecule is CNCC(C)OC(=O)Nc1ccc([N+](=O)[O-])cc1. The maximum absolute atomic E-state index is 11.4. The smallest absolute Gasteiger partial charge is 0.411 e. The van der Waals surface area contributed by atoms with Gasteiger partial charge in [-0.05, 0) is 26.1 Å². The van der Waals surface area contributed by atoms with Crippen LogP contribution < -0.4 is 10.6 Å². The highest BCUT2D eigenvalue weighted by atomic mass is 16.6. The summed E-state index contributed by atoms with van der Waals surface area (Å²) in [6.45, 7) is 2.31. The molecule has 0 radical (unpaired) electrons. The molecule has 0 bridgehead atoms. The molecule has 0 aliphatic rings. The van der Waals surface area contributed by atoms with Crippen molar-refractivity contribution in [3.8, 4) is 0 Å². The van der Waals surface area contributed by atoms with E-state index in [4.69, 9.17) is 4.74 Å². The van der Waals surface area contributed by atoms with Gasteiger partial charge in [-0.25, -0.2) is 4.79 Å². The molecule has 1 amide bonds. The third-order valence-corrected chi connectivity index (χ3v) is 2.12. The van der Waals surface area contributed by atoms with E-state index in [9.17, 15) is 14.9 Å². The van der Waals surface area contributed by atoms with E-state index < -0.39 is 11.0 Å². The average molecular weight is 253 g/mol. The van der Waals surface area contributed by atoms with Crippen molar-refractivity contribution in [3.05, 3.63) is 34.4 Å². The number of hydrogen-bond donors (Lipinski definition) is 2. The first-order valence-electron chi connectivity index (χ1n) is 5.39. The van der Waals surface area contributed by atoms with Crippen molar-refractivity contribution in [1.29, 1.82) is 0 Å². The Morgan fingerprint density at radius 1 is 1.44 bits per heavy atom. The second kappa shape index (κ2) is 6.55. The van der Waals surface area contributed by atoms with Crippen molar-refractivity contribution < 1.29 is 14.5 Å². The normalized spacial score (nSPS) is 11.7. The van der Waals surface area contributed by atoms with Crippen LogP contribution >= 0.6 is 0 Å². The first-order chi connectivity index (χ1) is 8.52. The molecule has 98 valence electrons. The molecule has 7 heteroatoms. The molecule has 7 nitrogen and oxygen atoms in total. The van der Waals surface area contributed by atoms with Crippen LogP contribution in [0.1, 0.15) is 6.92 Å². The molecule has 1 aromatic rings. The second-order valence-electron chi connectivity index (χ2n) is 3.70. The van der Waals surface area contributed by atoms with Crippen molar-refractivity contribution in [3.63, 3.8) is 0 Å². The highest BCUT2D eigenvalue weighted by molar-refractivity contribution is 5.84. The maximum Gasteiger partial charge on any atom is 0.411 e. The number of benzene rings is 1. The molecule has 0 fully saturated rings. The molecule has 0 heterocycles. The standard InChI is InChI=1S/C11H15N3O4/c1-8(7-12-2)18-11(15)13-9-3-5-10(6-4-9)14(16)17/h3-6,8,12H,7H2,1-2H3,(H,13,15). The second-order valence-corrected chi connectivity index (χ2v) is 3.70. The molecule has 0 spiro atoms. The van der Waals surface area contributed by atoms with E-state index in [1.807, 2.05) is 0 Å². The predicted octanol–water partition coefficient (Wildman–Crippen LogP) is 1.75. The number of anilines is 1. The van der Waals surface area contributed by atoms with Crippen molar-refractivity contribution >= 4 is 17.5 Å². The molecular formula is C11H15N3O4. The Hall–Kier alpha value is -2.15. The van der Waals surface area contributed by atoms with Gasteiger partial charge in [-0.3, -0.25) is 15.4 Å². The molecule has 1 rings (SSSR count). The number of nitrogens with zero attached hydrogens (tertiary/aromatic N) is 1. The summed E-state index contributed by atoms with van der Waals surface area (Å²) in [5, 5.41) is 15.8. The Morgan fingerprint density at radius 3 is 2.56 bits per heavy atom. The summed E-state index contributed by atoms with van der Waals surface area (Å²) in [7, 11) is 1.76. The molecule has 0 aliphatic heterocycles. The van der Waals surface area contributed by atoms with E-state index in [1.54, 1.807) is 14.0 Å². The molecule has 18 heavy (non-hydrogen) atoms. The Kier molecular flexibility index (Phi) is 5.06. The zero-order valence-corrected chi connectivity index (χ0v) is 10.2. The summed E-state index contributed by atoms with van der Waals surface area (Å²) in [4.78, 5) is 21.4. The summed E-state index contributed by atoms with van der Waals surface area (Å²) in [6, 6.07) is 5.52. The highest BCUT2D eigenvalue weighted by Gasteiger charge is 2.10. The molecule has 0 saturated carbocycles. The van der Waals surface area contributed by atoms with Crippen LogP contribution in [0, 0.1) is 10.1 Å². The van der Waals surface area contributed by atoms with Gasteiger partial charge in [0, 0.05) is 24.4 Å². The van der Waals surface area contributed by atoms with E-state index in [-0.39, 0.29) is 11.8 Å². The minimum atomic E-state index is -0.591. The largest absolute Gasteiger partial charge is 0.445 e. The van der Waals surface area contributed by atoms with Gasteiger partial charge in [0.05, 0.1) is 4.92 Å². The minimum Gasteiger partial charge on any atom is -0.445 e. The summed E-state index contributed by atoms with van der Waals surface area (Å²) >= 11 is 0. The first-order valence-corrected chi connectivity index (χ1v) is 5.39. The molecule has 1 unspecified atom stereocenters. The van der Waals surface area contributed by atoms with Crippen LogP contribution in [-0.2, 0) is 4.74 Å². The Balaban J connectivity index is 2.51. The Labute approximate surface area is 104 Å². The lowest BCUT2D eigenvalue weighted by atomic mass is 10.3. The molecule has 1 atom stereocenters. The number of amides is 1. The van der Waals surface area contributed by atoms with E-state index in [1.165, 1.54) is 24.3 Å². The number of ether oxygens (including phenoxy) is 1. The average Bonchev–Trinajstić information content (AvgIpc) is 2.29. The molecule has 1 aromatic carbocycles. The predicted molar refractivity (Wildman–Crippen MR) is 66.6 cm³/mol. The number of rotatable bonds is 5. The number of nitro groups is 1. The zero-order valence-electron chi connectivity index (χ0n) is 10.2. The van der Waals surface area contributed by atoms with Crippen molar-refractivity contribution in [2.75, 3.05) is 18.9 Å². The Bertz CT molecular complexity index is 419. The van der Waals surface area contributed by atoms with E-state index in [0.29, 0.717) is 12.2 Å². The maximum atomic E-state index is 11.4. The van der Waals surface area contributed by atoms with Gasteiger partial charge in [-0.1, -0.05) is 0 Å². The van der Waals surface area contributed by atoms with Crippen LogP contribution in [0.2, 0.25) is 0 Å². The summed E-state index contributed by atoms with van der Waals surface area (Å²) in [6.07, 6.45) is -0.848. The number of nitrogens with one attached hydrogen (secondary N) is 2. The van der Waals surface area contributed by atoms with E-state index >= 15 is 0 Å². The quantitative estimate of drug-likeness (QED) is 0.616. The van der Waals surface area contributed by atoms with Crippen molar-refractivity contribution in [1.82, 2.24) is 5.32 Å². The van der Waals surface area contributed by atoms with E-state index in [0.717, 1.165) is 0 Å². The lowest BCUT2D eigenvalue weighted by Crippen LogP contribution is -2.28. The fourth-order valence-corrected chi connectivity index (χ4v) is 1.33. The lowest BCUT2D eigenvalue weighted by molar-refractivity contribution is -0.384. The fraction of sp³-hybridized carbons (Fsp3) is 0.364. The molecule has 0 aromatic heterocycles. The van der Waals surface area contributed by atoms with Gasteiger partial charge >= 0.3 is 6.09 Å². The number of non-ortho nitro benzene ring substituents is 1. The molecule has 2 N–H and O–H groups in total. The highest BCUT2D eigenvalue weighted by Crippen LogP contribution is 2.15. The molecule has 0 saturated heterocycles. The number of hydrogen-bond acceptors (Lipinski definition) is 5.